The Balaban J connectivity index is 2.00. The Morgan fingerprint density at radius 3 is 2.80 bits per heavy atom. The van der Waals surface area contributed by atoms with E-state index in [0.29, 0.717) is 6.54 Å². The first-order chi connectivity index (χ1) is 9.61. The average molecular weight is 277 g/mol. The molecule has 0 aliphatic heterocycles. The summed E-state index contributed by atoms with van der Waals surface area (Å²) in [4.78, 5) is 10.5. The van der Waals surface area contributed by atoms with Crippen LogP contribution < -0.4 is 5.32 Å². The third-order valence-corrected chi connectivity index (χ3v) is 4.03. The summed E-state index contributed by atoms with van der Waals surface area (Å²) in [5.74, 6) is -0.820. The van der Waals surface area contributed by atoms with E-state index in [0.717, 1.165) is 24.8 Å². The van der Waals surface area contributed by atoms with Crippen molar-refractivity contribution in [2.24, 2.45) is 0 Å². The maximum Gasteiger partial charge on any atom is 0.304 e. The first-order valence-electron chi connectivity index (χ1n) is 7.36. The zero-order valence-corrected chi connectivity index (χ0v) is 11.9. The van der Waals surface area contributed by atoms with Crippen molar-refractivity contribution in [3.05, 3.63) is 34.9 Å². The van der Waals surface area contributed by atoms with Crippen LogP contribution in [0.4, 0.5) is 0 Å². The standard InChI is InChI=1S/C16H23NO3/c1-2-14(17-9-8-15(18)19)16(20)13-7-6-11-4-3-5-12(11)10-13/h6-7,10,14,16-17,20H,2-5,8-9H2,1H3,(H,18,19). The highest BCUT2D eigenvalue weighted by molar-refractivity contribution is 5.66. The minimum absolute atomic E-state index is 0.0768. The number of carboxylic acids is 1. The number of rotatable bonds is 7. The van der Waals surface area contributed by atoms with Crippen LogP contribution in [0.2, 0.25) is 0 Å². The summed E-state index contributed by atoms with van der Waals surface area (Å²) in [5.41, 5.74) is 3.68. The van der Waals surface area contributed by atoms with Gasteiger partial charge in [0, 0.05) is 12.6 Å². The van der Waals surface area contributed by atoms with Crippen LogP contribution in [0.25, 0.3) is 0 Å². The molecule has 2 unspecified atom stereocenters. The summed E-state index contributed by atoms with van der Waals surface area (Å²) < 4.78 is 0. The van der Waals surface area contributed by atoms with Gasteiger partial charge in [0.25, 0.3) is 0 Å². The smallest absolute Gasteiger partial charge is 0.304 e. The van der Waals surface area contributed by atoms with E-state index >= 15 is 0 Å². The second-order valence-corrected chi connectivity index (χ2v) is 5.44. The predicted molar refractivity (Wildman–Crippen MR) is 77.8 cm³/mol. The lowest BCUT2D eigenvalue weighted by Gasteiger charge is -2.23. The van der Waals surface area contributed by atoms with Crippen LogP contribution >= 0.6 is 0 Å². The number of hydrogen-bond acceptors (Lipinski definition) is 3. The zero-order chi connectivity index (χ0) is 14.5. The van der Waals surface area contributed by atoms with Crippen molar-refractivity contribution in [1.29, 1.82) is 0 Å². The Bertz CT molecular complexity index is 473. The van der Waals surface area contributed by atoms with Crippen LogP contribution in [0.15, 0.2) is 18.2 Å². The van der Waals surface area contributed by atoms with Crippen LogP contribution in [-0.2, 0) is 17.6 Å². The molecule has 20 heavy (non-hydrogen) atoms. The normalized spacial score (nSPS) is 16.7. The Labute approximate surface area is 119 Å². The van der Waals surface area contributed by atoms with E-state index in [9.17, 15) is 9.90 Å². The largest absolute Gasteiger partial charge is 0.481 e. The third kappa shape index (κ3) is 3.58. The van der Waals surface area contributed by atoms with Gasteiger partial charge < -0.3 is 15.5 Å². The molecule has 0 aromatic heterocycles. The molecule has 0 spiro atoms. The SMILES string of the molecule is CCC(NCCC(=O)O)C(O)c1ccc2c(c1)CCC2. The number of carboxylic acid groups (broad SMARTS) is 1. The number of aliphatic carboxylic acids is 1. The molecule has 4 nitrogen and oxygen atoms in total. The summed E-state index contributed by atoms with van der Waals surface area (Å²) in [6.45, 7) is 2.38. The molecule has 110 valence electrons. The molecule has 0 heterocycles. The van der Waals surface area contributed by atoms with Crippen molar-refractivity contribution in [3.63, 3.8) is 0 Å². The number of aryl methyl sites for hydroxylation is 2. The fourth-order valence-electron chi connectivity index (χ4n) is 2.85. The van der Waals surface area contributed by atoms with E-state index in [1.54, 1.807) is 0 Å². The summed E-state index contributed by atoms with van der Waals surface area (Å²) in [5, 5.41) is 22.3. The van der Waals surface area contributed by atoms with Gasteiger partial charge in [0.1, 0.15) is 0 Å². The van der Waals surface area contributed by atoms with Gasteiger partial charge in [-0.3, -0.25) is 4.79 Å². The Hall–Kier alpha value is -1.39. The molecular weight excluding hydrogens is 254 g/mol. The summed E-state index contributed by atoms with van der Waals surface area (Å²) in [6, 6.07) is 6.12. The number of aliphatic hydroxyl groups excluding tert-OH is 1. The van der Waals surface area contributed by atoms with Crippen molar-refractivity contribution < 1.29 is 15.0 Å². The minimum Gasteiger partial charge on any atom is -0.481 e. The van der Waals surface area contributed by atoms with E-state index < -0.39 is 12.1 Å². The Morgan fingerprint density at radius 2 is 2.10 bits per heavy atom. The molecule has 2 rings (SSSR count). The molecular formula is C16H23NO3. The first-order valence-corrected chi connectivity index (χ1v) is 7.36. The molecule has 2 atom stereocenters. The van der Waals surface area contributed by atoms with Gasteiger partial charge in [-0.05, 0) is 42.4 Å². The van der Waals surface area contributed by atoms with Gasteiger partial charge >= 0.3 is 5.97 Å². The molecule has 4 heteroatoms. The van der Waals surface area contributed by atoms with Crippen molar-refractivity contribution >= 4 is 5.97 Å². The highest BCUT2D eigenvalue weighted by Gasteiger charge is 2.21. The first kappa shape index (κ1) is 15.0. The van der Waals surface area contributed by atoms with Gasteiger partial charge in [0.2, 0.25) is 0 Å². The molecule has 1 aromatic carbocycles. The van der Waals surface area contributed by atoms with Crippen molar-refractivity contribution in [2.75, 3.05) is 6.54 Å². The highest BCUT2D eigenvalue weighted by atomic mass is 16.4. The lowest BCUT2D eigenvalue weighted by Crippen LogP contribution is -2.35. The lowest BCUT2D eigenvalue weighted by atomic mass is 9.97. The molecule has 0 bridgehead atoms. The molecule has 3 N–H and O–H groups in total. The van der Waals surface area contributed by atoms with Gasteiger partial charge in [-0.25, -0.2) is 0 Å². The summed E-state index contributed by atoms with van der Waals surface area (Å²) >= 11 is 0. The monoisotopic (exact) mass is 277 g/mol. The van der Waals surface area contributed by atoms with Crippen LogP contribution in [0.5, 0.6) is 0 Å². The minimum atomic E-state index is -0.820. The van der Waals surface area contributed by atoms with Crippen LogP contribution in [0, 0.1) is 0 Å². The van der Waals surface area contributed by atoms with Crippen molar-refractivity contribution in [1.82, 2.24) is 5.32 Å². The highest BCUT2D eigenvalue weighted by Crippen LogP contribution is 2.27. The number of benzene rings is 1. The number of fused-ring (bicyclic) bond motifs is 1. The number of aliphatic hydroxyl groups is 1. The maximum absolute atomic E-state index is 10.5. The van der Waals surface area contributed by atoms with Crippen molar-refractivity contribution in [3.8, 4) is 0 Å². The average Bonchev–Trinajstić information content (AvgIpc) is 2.90. The van der Waals surface area contributed by atoms with E-state index in [2.05, 4.69) is 17.4 Å². The number of carbonyl (C=O) groups is 1. The molecule has 0 radical (unpaired) electrons. The van der Waals surface area contributed by atoms with Crippen molar-refractivity contribution in [2.45, 2.75) is 51.2 Å². The van der Waals surface area contributed by atoms with Gasteiger partial charge in [0.05, 0.1) is 12.5 Å². The molecule has 0 saturated heterocycles. The Kier molecular flexibility index (Phi) is 5.15. The fraction of sp³-hybridized carbons (Fsp3) is 0.562. The lowest BCUT2D eigenvalue weighted by molar-refractivity contribution is -0.136. The molecule has 1 aromatic rings. The number of hydrogen-bond donors (Lipinski definition) is 3. The molecule has 0 amide bonds. The van der Waals surface area contributed by atoms with Gasteiger partial charge in [-0.2, -0.15) is 0 Å². The summed E-state index contributed by atoms with van der Waals surface area (Å²) in [6.07, 6.45) is 3.69. The molecule has 1 aliphatic rings. The molecule has 0 fully saturated rings. The van der Waals surface area contributed by atoms with E-state index in [1.807, 2.05) is 13.0 Å². The zero-order valence-electron chi connectivity index (χ0n) is 11.9. The number of nitrogens with one attached hydrogen (secondary N) is 1. The second-order valence-electron chi connectivity index (χ2n) is 5.44. The quantitative estimate of drug-likeness (QED) is 0.713. The van der Waals surface area contributed by atoms with Gasteiger partial charge in [-0.1, -0.05) is 25.1 Å². The van der Waals surface area contributed by atoms with Gasteiger partial charge in [0.15, 0.2) is 0 Å². The van der Waals surface area contributed by atoms with Crippen LogP contribution in [0.3, 0.4) is 0 Å². The maximum atomic E-state index is 10.5. The topological polar surface area (TPSA) is 69.6 Å². The van der Waals surface area contributed by atoms with E-state index in [-0.39, 0.29) is 12.5 Å². The van der Waals surface area contributed by atoms with E-state index in [4.69, 9.17) is 5.11 Å². The van der Waals surface area contributed by atoms with Crippen LogP contribution in [0.1, 0.15) is 49.0 Å². The fourth-order valence-corrected chi connectivity index (χ4v) is 2.85. The third-order valence-electron chi connectivity index (χ3n) is 4.03. The van der Waals surface area contributed by atoms with E-state index in [1.165, 1.54) is 17.5 Å². The second kappa shape index (κ2) is 6.86. The predicted octanol–water partition coefficient (Wildman–Crippen LogP) is 2.05. The van der Waals surface area contributed by atoms with Crippen LogP contribution in [-0.4, -0.2) is 28.8 Å². The molecule has 1 aliphatic carbocycles. The van der Waals surface area contributed by atoms with Gasteiger partial charge in [-0.15, -0.1) is 0 Å². The summed E-state index contributed by atoms with van der Waals surface area (Å²) in [7, 11) is 0. The Morgan fingerprint density at radius 1 is 1.35 bits per heavy atom. The molecule has 0 saturated carbocycles.